The van der Waals surface area contributed by atoms with Gasteiger partial charge in [-0.1, -0.05) is 12.2 Å². The largest absolute Gasteiger partial charge is 0.387 e. The molecule has 17 heavy (non-hydrogen) atoms. The monoisotopic (exact) mass is 255 g/mol. The molecule has 1 rings (SSSR count). The standard InChI is InChI=1S/C10H17N5OS/c1-4-14(5-2)10(16)7(3)15-6-12-9(13-15)8(11)17/h6-7H,4-5H2,1-3H3,(H2,11,17). The van der Waals surface area contributed by atoms with Gasteiger partial charge in [-0.05, 0) is 20.8 Å². The minimum atomic E-state index is -0.398. The van der Waals surface area contributed by atoms with Crippen LogP contribution in [0.1, 0.15) is 32.6 Å². The number of carbonyl (C=O) groups is 1. The first-order chi connectivity index (χ1) is 8.01. The Morgan fingerprint density at radius 1 is 1.59 bits per heavy atom. The summed E-state index contributed by atoms with van der Waals surface area (Å²) in [5, 5.41) is 4.07. The fourth-order valence-electron chi connectivity index (χ4n) is 1.49. The minimum absolute atomic E-state index is 0.00869. The third-order valence-electron chi connectivity index (χ3n) is 2.56. The van der Waals surface area contributed by atoms with Crippen molar-refractivity contribution in [2.24, 2.45) is 5.73 Å². The molecule has 7 heteroatoms. The lowest BCUT2D eigenvalue weighted by molar-refractivity contribution is -0.134. The molecule has 1 unspecified atom stereocenters. The molecule has 0 saturated heterocycles. The number of rotatable bonds is 5. The third-order valence-corrected chi connectivity index (χ3v) is 2.74. The zero-order valence-electron chi connectivity index (χ0n) is 10.3. The zero-order chi connectivity index (χ0) is 13.0. The topological polar surface area (TPSA) is 77.0 Å². The SMILES string of the molecule is CCN(CC)C(=O)C(C)n1cnc(C(N)=S)n1. The van der Waals surface area contributed by atoms with Gasteiger partial charge in [0.2, 0.25) is 11.7 Å². The van der Waals surface area contributed by atoms with Crippen molar-refractivity contribution in [1.29, 1.82) is 0 Å². The van der Waals surface area contributed by atoms with Gasteiger partial charge in [0.25, 0.3) is 0 Å². The van der Waals surface area contributed by atoms with Crippen LogP contribution in [0.25, 0.3) is 0 Å². The van der Waals surface area contributed by atoms with Crippen molar-refractivity contribution in [2.45, 2.75) is 26.8 Å². The average molecular weight is 255 g/mol. The summed E-state index contributed by atoms with van der Waals surface area (Å²) in [7, 11) is 0. The van der Waals surface area contributed by atoms with E-state index in [1.807, 2.05) is 13.8 Å². The van der Waals surface area contributed by atoms with Crippen molar-refractivity contribution in [2.75, 3.05) is 13.1 Å². The van der Waals surface area contributed by atoms with Gasteiger partial charge in [-0.2, -0.15) is 0 Å². The number of hydrogen-bond donors (Lipinski definition) is 1. The van der Waals surface area contributed by atoms with Crippen LogP contribution < -0.4 is 5.73 Å². The molecule has 0 aliphatic rings. The van der Waals surface area contributed by atoms with Crippen molar-refractivity contribution in [3.8, 4) is 0 Å². The molecule has 1 heterocycles. The van der Waals surface area contributed by atoms with Crippen LogP contribution in [0.3, 0.4) is 0 Å². The third kappa shape index (κ3) is 3.00. The number of nitrogens with zero attached hydrogens (tertiary/aromatic N) is 4. The Bertz CT molecular complexity index is 413. The quantitative estimate of drug-likeness (QED) is 0.768. The maximum absolute atomic E-state index is 12.1. The molecule has 0 aliphatic carbocycles. The highest BCUT2D eigenvalue weighted by molar-refractivity contribution is 7.80. The summed E-state index contributed by atoms with van der Waals surface area (Å²) in [5.41, 5.74) is 5.41. The smallest absolute Gasteiger partial charge is 0.247 e. The predicted octanol–water partition coefficient (Wildman–Crippen LogP) is 0.342. The van der Waals surface area contributed by atoms with Crippen molar-refractivity contribution in [3.63, 3.8) is 0 Å². The molecule has 0 fully saturated rings. The summed E-state index contributed by atoms with van der Waals surface area (Å²) >= 11 is 4.77. The Hall–Kier alpha value is -1.50. The van der Waals surface area contributed by atoms with Crippen LogP contribution in [0.15, 0.2) is 6.33 Å². The van der Waals surface area contributed by atoms with Crippen LogP contribution in [-0.2, 0) is 4.79 Å². The molecule has 1 aromatic rings. The Kier molecular flexibility index (Phi) is 4.56. The number of hydrogen-bond acceptors (Lipinski definition) is 4. The van der Waals surface area contributed by atoms with E-state index in [1.54, 1.807) is 11.8 Å². The van der Waals surface area contributed by atoms with Gasteiger partial charge in [0, 0.05) is 13.1 Å². The first-order valence-electron chi connectivity index (χ1n) is 5.51. The molecule has 1 atom stereocenters. The Labute approximate surface area is 106 Å². The molecule has 0 aromatic carbocycles. The molecule has 1 amide bonds. The van der Waals surface area contributed by atoms with Gasteiger partial charge < -0.3 is 10.6 Å². The molecular formula is C10H17N5OS. The Morgan fingerprint density at radius 2 is 2.18 bits per heavy atom. The van der Waals surface area contributed by atoms with E-state index in [0.717, 1.165) is 0 Å². The number of aromatic nitrogens is 3. The van der Waals surface area contributed by atoms with Crippen LogP contribution in [0, 0.1) is 0 Å². The number of carbonyl (C=O) groups excluding carboxylic acids is 1. The van der Waals surface area contributed by atoms with Crippen LogP contribution in [0.2, 0.25) is 0 Å². The summed E-state index contributed by atoms with van der Waals surface area (Å²) < 4.78 is 1.48. The summed E-state index contributed by atoms with van der Waals surface area (Å²) in [6.45, 7) is 7.01. The lowest BCUT2D eigenvalue weighted by Gasteiger charge is -2.22. The molecule has 0 aliphatic heterocycles. The van der Waals surface area contributed by atoms with Gasteiger partial charge in [-0.3, -0.25) is 4.79 Å². The van der Waals surface area contributed by atoms with E-state index in [0.29, 0.717) is 18.9 Å². The predicted molar refractivity (Wildman–Crippen MR) is 68.5 cm³/mol. The van der Waals surface area contributed by atoms with E-state index in [9.17, 15) is 4.79 Å². The summed E-state index contributed by atoms with van der Waals surface area (Å²) in [4.78, 5) is 17.9. The molecule has 6 nitrogen and oxygen atoms in total. The molecule has 94 valence electrons. The van der Waals surface area contributed by atoms with Crippen molar-refractivity contribution >= 4 is 23.1 Å². The Morgan fingerprint density at radius 3 is 2.59 bits per heavy atom. The van der Waals surface area contributed by atoms with E-state index in [1.165, 1.54) is 11.0 Å². The number of thiocarbonyl (C=S) groups is 1. The van der Waals surface area contributed by atoms with E-state index >= 15 is 0 Å². The van der Waals surface area contributed by atoms with E-state index in [4.69, 9.17) is 18.0 Å². The first-order valence-corrected chi connectivity index (χ1v) is 5.91. The average Bonchev–Trinajstić information content (AvgIpc) is 2.78. The lowest BCUT2D eigenvalue weighted by atomic mass is 10.3. The molecular weight excluding hydrogens is 238 g/mol. The fourth-order valence-corrected chi connectivity index (χ4v) is 1.58. The fraction of sp³-hybridized carbons (Fsp3) is 0.600. The molecule has 1 aromatic heterocycles. The van der Waals surface area contributed by atoms with Crippen LogP contribution in [0.4, 0.5) is 0 Å². The number of amides is 1. The second kappa shape index (κ2) is 5.72. The molecule has 0 radical (unpaired) electrons. The summed E-state index contributed by atoms with van der Waals surface area (Å²) in [5.74, 6) is 0.300. The summed E-state index contributed by atoms with van der Waals surface area (Å²) in [6, 6.07) is -0.398. The van der Waals surface area contributed by atoms with Crippen molar-refractivity contribution < 1.29 is 4.79 Å². The van der Waals surface area contributed by atoms with Crippen LogP contribution in [-0.4, -0.2) is 43.6 Å². The van der Waals surface area contributed by atoms with Crippen LogP contribution >= 0.6 is 12.2 Å². The lowest BCUT2D eigenvalue weighted by Crippen LogP contribution is -2.36. The highest BCUT2D eigenvalue weighted by atomic mass is 32.1. The van der Waals surface area contributed by atoms with Gasteiger partial charge in [-0.25, -0.2) is 9.67 Å². The number of likely N-dealkylation sites (N-methyl/N-ethyl adjacent to an activating group) is 1. The highest BCUT2D eigenvalue weighted by Crippen LogP contribution is 2.08. The zero-order valence-corrected chi connectivity index (χ0v) is 11.1. The molecule has 0 bridgehead atoms. The molecule has 0 saturated carbocycles. The maximum atomic E-state index is 12.1. The van der Waals surface area contributed by atoms with Gasteiger partial charge >= 0.3 is 0 Å². The minimum Gasteiger partial charge on any atom is -0.387 e. The second-order valence-electron chi connectivity index (χ2n) is 3.60. The van der Waals surface area contributed by atoms with E-state index in [2.05, 4.69) is 10.1 Å². The number of nitrogens with two attached hydrogens (primary N) is 1. The second-order valence-corrected chi connectivity index (χ2v) is 4.04. The first kappa shape index (κ1) is 13.6. The summed E-state index contributed by atoms with van der Waals surface area (Å²) in [6.07, 6.45) is 1.47. The van der Waals surface area contributed by atoms with Gasteiger partial charge in [0.05, 0.1) is 0 Å². The molecule has 0 spiro atoms. The van der Waals surface area contributed by atoms with Gasteiger partial charge in [0.15, 0.2) is 0 Å². The van der Waals surface area contributed by atoms with E-state index < -0.39 is 6.04 Å². The van der Waals surface area contributed by atoms with Gasteiger partial charge in [0.1, 0.15) is 17.4 Å². The normalized spacial score (nSPS) is 12.2. The van der Waals surface area contributed by atoms with Gasteiger partial charge in [-0.15, -0.1) is 5.10 Å². The van der Waals surface area contributed by atoms with Crippen molar-refractivity contribution in [3.05, 3.63) is 12.2 Å². The highest BCUT2D eigenvalue weighted by Gasteiger charge is 2.21. The molecule has 2 N–H and O–H groups in total. The van der Waals surface area contributed by atoms with Crippen LogP contribution in [0.5, 0.6) is 0 Å². The van der Waals surface area contributed by atoms with Crippen molar-refractivity contribution in [1.82, 2.24) is 19.7 Å². The van der Waals surface area contributed by atoms with E-state index in [-0.39, 0.29) is 10.9 Å². The Balaban J connectivity index is 2.84. The maximum Gasteiger partial charge on any atom is 0.247 e.